The summed E-state index contributed by atoms with van der Waals surface area (Å²) < 4.78 is 5.63. The van der Waals surface area contributed by atoms with Gasteiger partial charge in [0.15, 0.2) is 6.61 Å². The Hall–Kier alpha value is -1.66. The summed E-state index contributed by atoms with van der Waals surface area (Å²) >= 11 is 24.2. The summed E-state index contributed by atoms with van der Waals surface area (Å²) in [5.74, 6) is -0.238. The first kappa shape index (κ1) is 26.6. The summed E-state index contributed by atoms with van der Waals surface area (Å²) in [6, 6.07) is 9.20. The maximum atomic E-state index is 13.2. The van der Waals surface area contributed by atoms with E-state index in [1.54, 1.807) is 30.3 Å². The molecule has 0 aliphatic rings. The number of ether oxygens (including phenoxy) is 1. The lowest BCUT2D eigenvalue weighted by atomic mass is 10.1. The second-order valence-electron chi connectivity index (χ2n) is 7.20. The molecular formula is C23H26Cl4N2O3. The average Bonchev–Trinajstić information content (AvgIpc) is 2.75. The number of carbonyl (C=O) groups excluding carboxylic acids is 2. The summed E-state index contributed by atoms with van der Waals surface area (Å²) in [6.07, 6.45) is 2.26. The van der Waals surface area contributed by atoms with Gasteiger partial charge in [-0.25, -0.2) is 0 Å². The molecule has 32 heavy (non-hydrogen) atoms. The summed E-state index contributed by atoms with van der Waals surface area (Å²) in [5, 5.41) is 4.46. The first-order valence-electron chi connectivity index (χ1n) is 10.4. The van der Waals surface area contributed by atoms with Gasteiger partial charge in [-0.05, 0) is 48.7 Å². The van der Waals surface area contributed by atoms with Crippen LogP contribution in [0.2, 0.25) is 20.1 Å². The van der Waals surface area contributed by atoms with Gasteiger partial charge in [-0.2, -0.15) is 0 Å². The van der Waals surface area contributed by atoms with Crippen molar-refractivity contribution in [2.75, 3.05) is 13.2 Å². The molecule has 2 aromatic rings. The van der Waals surface area contributed by atoms with Crippen LogP contribution in [-0.4, -0.2) is 35.9 Å². The Balaban J connectivity index is 2.22. The molecule has 0 aliphatic carbocycles. The van der Waals surface area contributed by atoms with Gasteiger partial charge in [0.25, 0.3) is 5.91 Å². The number of amides is 2. The third-order valence-electron chi connectivity index (χ3n) is 4.80. The van der Waals surface area contributed by atoms with Crippen LogP contribution in [0.4, 0.5) is 0 Å². The van der Waals surface area contributed by atoms with E-state index in [4.69, 9.17) is 51.1 Å². The van der Waals surface area contributed by atoms with E-state index in [2.05, 4.69) is 5.32 Å². The van der Waals surface area contributed by atoms with Crippen LogP contribution < -0.4 is 10.1 Å². The zero-order valence-electron chi connectivity index (χ0n) is 18.0. The molecule has 0 bridgehead atoms. The van der Waals surface area contributed by atoms with Crippen LogP contribution in [0.25, 0.3) is 0 Å². The normalized spacial score (nSPS) is 11.7. The quantitative estimate of drug-likeness (QED) is 0.349. The maximum Gasteiger partial charge on any atom is 0.261 e. The van der Waals surface area contributed by atoms with Crippen LogP contribution in [0, 0.1) is 0 Å². The van der Waals surface area contributed by atoms with Gasteiger partial charge in [0.05, 0.1) is 15.1 Å². The lowest BCUT2D eigenvalue weighted by Gasteiger charge is -2.30. The highest BCUT2D eigenvalue weighted by molar-refractivity contribution is 6.42. The number of nitrogens with zero attached hydrogens (tertiary/aromatic N) is 1. The first-order valence-corrected chi connectivity index (χ1v) is 11.9. The van der Waals surface area contributed by atoms with Gasteiger partial charge in [-0.1, -0.05) is 72.7 Å². The van der Waals surface area contributed by atoms with Crippen LogP contribution in [0.3, 0.4) is 0 Å². The zero-order chi connectivity index (χ0) is 23.7. The van der Waals surface area contributed by atoms with Crippen molar-refractivity contribution in [1.82, 2.24) is 10.2 Å². The molecule has 5 nitrogen and oxygen atoms in total. The lowest BCUT2D eigenvalue weighted by Crippen LogP contribution is -2.50. The van der Waals surface area contributed by atoms with E-state index in [-0.39, 0.29) is 25.0 Å². The topological polar surface area (TPSA) is 58.6 Å². The number of unbranched alkanes of at least 4 members (excludes halogenated alkanes) is 1. The SMILES string of the molecule is CCCCNC(=O)[C@@H](CC)N(Cc1ccc(Cl)c(Cl)c1)C(=O)COc1ccc(Cl)cc1Cl. The minimum Gasteiger partial charge on any atom is -0.482 e. The molecule has 2 rings (SSSR count). The number of benzene rings is 2. The second kappa shape index (κ2) is 13.1. The summed E-state index contributed by atoms with van der Waals surface area (Å²) in [5.41, 5.74) is 0.747. The van der Waals surface area contributed by atoms with Crippen LogP contribution in [0.15, 0.2) is 36.4 Å². The van der Waals surface area contributed by atoms with E-state index >= 15 is 0 Å². The number of nitrogens with one attached hydrogen (secondary N) is 1. The molecule has 0 heterocycles. The van der Waals surface area contributed by atoms with Gasteiger partial charge >= 0.3 is 0 Å². The van der Waals surface area contributed by atoms with Gasteiger partial charge in [0.2, 0.25) is 5.91 Å². The van der Waals surface area contributed by atoms with E-state index in [9.17, 15) is 9.59 Å². The highest BCUT2D eigenvalue weighted by Crippen LogP contribution is 2.28. The largest absolute Gasteiger partial charge is 0.482 e. The number of hydrogen-bond donors (Lipinski definition) is 1. The third-order valence-corrected chi connectivity index (χ3v) is 6.07. The summed E-state index contributed by atoms with van der Waals surface area (Å²) in [4.78, 5) is 27.5. The van der Waals surface area contributed by atoms with E-state index in [0.29, 0.717) is 38.8 Å². The Morgan fingerprint density at radius 1 is 1.00 bits per heavy atom. The smallest absolute Gasteiger partial charge is 0.261 e. The molecular weight excluding hydrogens is 494 g/mol. The number of hydrogen-bond acceptors (Lipinski definition) is 3. The fraction of sp³-hybridized carbons (Fsp3) is 0.391. The van der Waals surface area contributed by atoms with Crippen molar-refractivity contribution in [3.63, 3.8) is 0 Å². The Kier molecular flexibility index (Phi) is 10.9. The zero-order valence-corrected chi connectivity index (χ0v) is 21.0. The number of rotatable bonds is 11. The monoisotopic (exact) mass is 518 g/mol. The van der Waals surface area contributed by atoms with Crippen LogP contribution >= 0.6 is 46.4 Å². The number of halogens is 4. The lowest BCUT2D eigenvalue weighted by molar-refractivity contribution is -0.143. The first-order chi connectivity index (χ1) is 15.3. The Morgan fingerprint density at radius 2 is 1.75 bits per heavy atom. The fourth-order valence-electron chi connectivity index (χ4n) is 3.08. The standard InChI is InChI=1S/C23H26Cl4N2O3/c1-3-5-10-28-23(31)20(4-2)29(13-15-6-8-17(25)18(26)11-15)22(30)14-32-21-9-7-16(24)12-19(21)27/h6-9,11-12,20H,3-5,10,13-14H2,1-2H3,(H,28,31)/t20-/m1/s1. The molecule has 1 atom stereocenters. The average molecular weight is 520 g/mol. The van der Waals surface area contributed by atoms with E-state index in [0.717, 1.165) is 18.4 Å². The van der Waals surface area contributed by atoms with Crippen molar-refractivity contribution >= 4 is 58.2 Å². The Morgan fingerprint density at radius 3 is 2.38 bits per heavy atom. The maximum absolute atomic E-state index is 13.2. The molecule has 0 aromatic heterocycles. The van der Waals surface area contributed by atoms with Crippen molar-refractivity contribution in [1.29, 1.82) is 0 Å². The van der Waals surface area contributed by atoms with Gasteiger partial charge in [0, 0.05) is 18.1 Å². The molecule has 0 unspecified atom stereocenters. The van der Waals surface area contributed by atoms with Crippen molar-refractivity contribution in [2.24, 2.45) is 0 Å². The van der Waals surface area contributed by atoms with Crippen LogP contribution in [0.1, 0.15) is 38.7 Å². The molecule has 0 saturated heterocycles. The van der Waals surface area contributed by atoms with Crippen molar-refractivity contribution in [2.45, 2.75) is 45.7 Å². The molecule has 0 aliphatic heterocycles. The molecule has 9 heteroatoms. The highest BCUT2D eigenvalue weighted by Gasteiger charge is 2.29. The summed E-state index contributed by atoms with van der Waals surface area (Å²) in [6.45, 7) is 4.34. The molecule has 0 spiro atoms. The van der Waals surface area contributed by atoms with Crippen molar-refractivity contribution < 1.29 is 14.3 Å². The molecule has 2 amide bonds. The van der Waals surface area contributed by atoms with E-state index < -0.39 is 6.04 Å². The van der Waals surface area contributed by atoms with Crippen LogP contribution in [-0.2, 0) is 16.1 Å². The molecule has 0 fully saturated rings. The molecule has 174 valence electrons. The molecule has 2 aromatic carbocycles. The van der Waals surface area contributed by atoms with Gasteiger partial charge in [-0.3, -0.25) is 9.59 Å². The van der Waals surface area contributed by atoms with Crippen molar-refractivity contribution in [3.8, 4) is 5.75 Å². The third kappa shape index (κ3) is 7.73. The van der Waals surface area contributed by atoms with Crippen LogP contribution in [0.5, 0.6) is 5.75 Å². The van der Waals surface area contributed by atoms with E-state index in [1.807, 2.05) is 13.8 Å². The fourth-order valence-corrected chi connectivity index (χ4v) is 3.86. The second-order valence-corrected chi connectivity index (χ2v) is 8.86. The number of carbonyl (C=O) groups is 2. The minimum atomic E-state index is -0.668. The Labute approximate surface area is 208 Å². The summed E-state index contributed by atoms with van der Waals surface area (Å²) in [7, 11) is 0. The highest BCUT2D eigenvalue weighted by atomic mass is 35.5. The predicted molar refractivity (Wildman–Crippen MR) is 131 cm³/mol. The van der Waals surface area contributed by atoms with Gasteiger partial charge in [0.1, 0.15) is 11.8 Å². The van der Waals surface area contributed by atoms with Gasteiger partial charge in [-0.15, -0.1) is 0 Å². The minimum absolute atomic E-state index is 0.174. The molecule has 0 saturated carbocycles. The predicted octanol–water partition coefficient (Wildman–Crippen LogP) is 6.40. The molecule has 1 N–H and O–H groups in total. The van der Waals surface area contributed by atoms with Gasteiger partial charge < -0.3 is 15.0 Å². The Bertz CT molecular complexity index is 939. The van der Waals surface area contributed by atoms with Crippen molar-refractivity contribution in [3.05, 3.63) is 62.1 Å². The molecule has 0 radical (unpaired) electrons. The van der Waals surface area contributed by atoms with E-state index in [1.165, 1.54) is 11.0 Å².